The maximum Gasteiger partial charge on any atom is 0.127 e. The molecular weight excluding hydrogens is 1090 g/mol. The number of nitrogens with zero attached hydrogens (tertiary/aromatic N) is 2. The first-order valence-corrected chi connectivity index (χ1v) is 30.6. The van der Waals surface area contributed by atoms with Gasteiger partial charge in [0.2, 0.25) is 0 Å². The van der Waals surface area contributed by atoms with Crippen LogP contribution in [0.3, 0.4) is 0 Å². The summed E-state index contributed by atoms with van der Waals surface area (Å²) in [4.78, 5) is 0. The molecule has 0 bridgehead atoms. The molecule has 1 saturated carbocycles. The number of hydrogen-bond acceptors (Lipinski definition) is 4. The van der Waals surface area contributed by atoms with Crippen molar-refractivity contribution < 1.29 is 42.4 Å². The number of fused-ring (bicyclic) bond motifs is 1. The molecule has 0 amide bonds. The fourth-order valence-corrected chi connectivity index (χ4v) is 14.3. The van der Waals surface area contributed by atoms with Crippen molar-refractivity contribution in [3.05, 3.63) is 328 Å². The summed E-state index contributed by atoms with van der Waals surface area (Å²) in [5, 5.41) is 36.0. The van der Waals surface area contributed by atoms with E-state index >= 15 is 0 Å². The van der Waals surface area contributed by atoms with Crippen LogP contribution < -0.4 is 9.84 Å². The molecule has 12 rings (SSSR count). The maximum absolute atomic E-state index is 12.6. The Kier molecular flexibility index (Phi) is 17.0. The van der Waals surface area contributed by atoms with Crippen molar-refractivity contribution in [2.45, 2.75) is 101 Å². The summed E-state index contributed by atoms with van der Waals surface area (Å²) in [7, 11) is 0. The first-order valence-electron chi connectivity index (χ1n) is 29.6. The van der Waals surface area contributed by atoms with Crippen LogP contribution in [0, 0.1) is 0 Å². The Hall–Kier alpha value is -8.75. The first-order chi connectivity index (χ1) is 41.1. The second-order valence-electron chi connectivity index (χ2n) is 24.4. The number of phenolic OH excluding ortho intramolecular Hbond substituents is 2. The second kappa shape index (κ2) is 24.8. The van der Waals surface area contributed by atoms with E-state index in [-0.39, 0.29) is 28.7 Å². The molecule has 429 valence electrons. The van der Waals surface area contributed by atoms with E-state index in [9.17, 15) is 15.3 Å². The van der Waals surface area contributed by atoms with E-state index in [1.807, 2.05) is 30.3 Å². The normalized spacial score (nSPS) is 16.4. The van der Waals surface area contributed by atoms with Crippen LogP contribution in [0.1, 0.15) is 134 Å². The van der Waals surface area contributed by atoms with Crippen molar-refractivity contribution in [2.24, 2.45) is 0 Å². The van der Waals surface area contributed by atoms with Crippen LogP contribution in [0.15, 0.2) is 261 Å². The van der Waals surface area contributed by atoms with Crippen molar-refractivity contribution in [2.75, 3.05) is 0 Å². The van der Waals surface area contributed by atoms with Crippen molar-refractivity contribution >= 4 is 12.4 Å². The molecule has 2 atom stereocenters. The quantitative estimate of drug-likeness (QED) is 0.120. The third-order valence-electron chi connectivity index (χ3n) is 16.8. The molecule has 7 heteroatoms. The van der Waals surface area contributed by atoms with E-state index in [4.69, 9.17) is 4.74 Å². The molecule has 10 aromatic carbocycles. The third-order valence-corrected chi connectivity index (χ3v) is 18.2. The Morgan fingerprint density at radius 3 is 0.965 bits per heavy atom. The van der Waals surface area contributed by atoms with Gasteiger partial charge < -0.3 is 9.84 Å². The van der Waals surface area contributed by atoms with Crippen LogP contribution in [0.25, 0.3) is 0 Å². The van der Waals surface area contributed by atoms with Crippen LogP contribution in [-0.2, 0) is 36.8 Å². The van der Waals surface area contributed by atoms with Crippen molar-refractivity contribution in [3.8, 4) is 28.7 Å². The molecule has 6 nitrogen and oxygen atoms in total. The molecule has 0 unspecified atom stereocenters. The van der Waals surface area contributed by atoms with Gasteiger partial charge in [0.1, 0.15) is 11.5 Å². The van der Waals surface area contributed by atoms with Crippen LogP contribution in [0.4, 0.5) is 0 Å². The molecule has 2 N–H and O–H groups in total. The minimum Gasteiger partial charge on any atom is -0.872 e. The molecule has 0 radical (unpaired) electrons. The minimum atomic E-state index is -0.683. The molecule has 10 aromatic rings. The number of phenols is 2. The van der Waals surface area contributed by atoms with Gasteiger partial charge in [0.05, 0.1) is 0 Å². The number of benzene rings is 10. The number of rotatable bonds is 12. The van der Waals surface area contributed by atoms with Crippen LogP contribution in [-0.4, -0.2) is 42.0 Å². The first kappa shape index (κ1) is 58.0. The Bertz CT molecular complexity index is 3510. The molecule has 1 heterocycles. The SMILES string of the molecule is CC(C)(C)c1cc(C(c2ccccc2)(c2ccccc2)c2ccccc2)cc(C=[N+]2[Co][N+](=Cc3cc(C(c4ccccc4)(c4ccccc4)c4ccccc4)cc(C(C)(C)C)c3O)[C@@H]3CCCC[C@H]32)c1O.[O-]c1ccc(Oc2ccccc2)cc1. The van der Waals surface area contributed by atoms with Gasteiger partial charge in [-0.25, -0.2) is 0 Å². The standard InChI is InChI=1S/C66H66N2O2.C12H10O2.Co/c1-63(2,3)57-43-55(65(49-27-13-7-14-28-49,50-29-15-8-16-30-50)51-31-17-9-18-32-51)41-47(61(57)69)45-67-59-39-25-26-40-60(59)68-46-48-42-56(44-58(62(48)70)64(4,5)6)66(52-33-19-10-20-34-52,53-35-21-11-22-36-53)54-37-23-12-24-38-54;13-10-6-8-12(9-7-10)14-11-4-2-1-3-5-11;/h7-24,27-38,41-46,59-60,69-70H,25-26,39-40H2,1-6H3;1-9,13H;/q;;+2/p-1/t59-,60-;;/m1../s1. The van der Waals surface area contributed by atoms with Gasteiger partial charge >= 0.3 is 431 Å². The summed E-state index contributed by atoms with van der Waals surface area (Å²) in [6.07, 6.45) is 8.80. The largest absolute Gasteiger partial charge is 0.872 e. The fraction of sp³-hybridized carbons (Fsp3) is 0.205. The van der Waals surface area contributed by atoms with Crippen LogP contribution in [0.2, 0.25) is 0 Å². The van der Waals surface area contributed by atoms with E-state index in [0.29, 0.717) is 17.2 Å². The van der Waals surface area contributed by atoms with Gasteiger partial charge in [0, 0.05) is 0 Å². The van der Waals surface area contributed by atoms with Gasteiger partial charge in [-0.1, -0.05) is 30.3 Å². The van der Waals surface area contributed by atoms with E-state index in [1.54, 1.807) is 12.1 Å². The molecule has 2 aliphatic rings. The predicted molar refractivity (Wildman–Crippen MR) is 340 cm³/mol. The number of hydrogen-bond donors (Lipinski definition) is 2. The molecule has 0 spiro atoms. The summed E-state index contributed by atoms with van der Waals surface area (Å²) in [6, 6.07) is 90.2. The van der Waals surface area contributed by atoms with E-state index < -0.39 is 10.8 Å². The molecule has 0 aromatic heterocycles. The third kappa shape index (κ3) is 11.9. The summed E-state index contributed by atoms with van der Waals surface area (Å²) in [5.41, 5.74) is 10.5. The Balaban J connectivity index is 0.000000469. The number of para-hydroxylation sites is 1. The summed E-state index contributed by atoms with van der Waals surface area (Å²) < 4.78 is 10.4. The molecule has 1 aliphatic heterocycles. The van der Waals surface area contributed by atoms with Crippen molar-refractivity contribution in [1.82, 2.24) is 0 Å². The van der Waals surface area contributed by atoms with Crippen molar-refractivity contribution in [1.29, 1.82) is 0 Å². The second-order valence-corrected chi connectivity index (χ2v) is 25.7. The molecular formula is C78H75CoN2O4+. The summed E-state index contributed by atoms with van der Waals surface area (Å²) >= 11 is 1.02. The molecule has 1 saturated heterocycles. The summed E-state index contributed by atoms with van der Waals surface area (Å²) in [6.45, 7) is 13.2. The predicted octanol–water partition coefficient (Wildman–Crippen LogP) is 16.8. The zero-order valence-corrected chi connectivity index (χ0v) is 50.4. The van der Waals surface area contributed by atoms with Crippen LogP contribution >= 0.6 is 0 Å². The average molecular weight is 1160 g/mol. The minimum absolute atomic E-state index is 0.00888. The topological polar surface area (TPSA) is 78.8 Å². The van der Waals surface area contributed by atoms with Gasteiger partial charge in [-0.05, 0) is 24.3 Å². The van der Waals surface area contributed by atoms with E-state index in [1.165, 1.54) is 12.1 Å². The van der Waals surface area contributed by atoms with Crippen molar-refractivity contribution in [3.63, 3.8) is 0 Å². The number of ether oxygens (including phenoxy) is 1. The average Bonchev–Trinajstić information content (AvgIpc) is 1.43. The van der Waals surface area contributed by atoms with Gasteiger partial charge in [-0.3, -0.25) is 0 Å². The Morgan fingerprint density at radius 2 is 0.671 bits per heavy atom. The molecule has 1 aliphatic carbocycles. The monoisotopic (exact) mass is 1160 g/mol. The van der Waals surface area contributed by atoms with Gasteiger partial charge in [0.25, 0.3) is 0 Å². The fourth-order valence-electron chi connectivity index (χ4n) is 12.7. The number of aromatic hydroxyl groups is 2. The maximum atomic E-state index is 12.6. The van der Waals surface area contributed by atoms with E-state index in [0.717, 1.165) is 113 Å². The van der Waals surface area contributed by atoms with Gasteiger partial charge in [-0.15, -0.1) is 5.75 Å². The molecule has 85 heavy (non-hydrogen) atoms. The zero-order valence-electron chi connectivity index (χ0n) is 49.4. The summed E-state index contributed by atoms with van der Waals surface area (Å²) in [5.74, 6) is 2.06. The van der Waals surface area contributed by atoms with E-state index in [2.05, 4.69) is 267 Å². The van der Waals surface area contributed by atoms with Gasteiger partial charge in [0.15, 0.2) is 0 Å². The molecule has 2 fully saturated rings. The Labute approximate surface area is 509 Å². The zero-order chi connectivity index (χ0) is 59.2. The smallest absolute Gasteiger partial charge is 0.127 e. The van der Waals surface area contributed by atoms with Gasteiger partial charge in [-0.2, -0.15) is 0 Å². The Morgan fingerprint density at radius 1 is 0.388 bits per heavy atom. The van der Waals surface area contributed by atoms with Crippen LogP contribution in [0.5, 0.6) is 28.7 Å².